The van der Waals surface area contributed by atoms with Gasteiger partial charge >= 0.3 is 0 Å². The molecule has 3 rings (SSSR count). The average molecular weight is 155 g/mol. The summed E-state index contributed by atoms with van der Waals surface area (Å²) < 4.78 is 5.56. The van der Waals surface area contributed by atoms with E-state index >= 15 is 0 Å². The van der Waals surface area contributed by atoms with E-state index in [1.807, 2.05) is 7.11 Å². The molecule has 2 bridgehead atoms. The van der Waals surface area contributed by atoms with Gasteiger partial charge in [-0.25, -0.2) is 0 Å². The Kier molecular flexibility index (Phi) is 1.69. The fourth-order valence-electron chi connectivity index (χ4n) is 2.68. The molecule has 2 nitrogen and oxygen atoms in total. The molecule has 2 heteroatoms. The second-order valence-electron chi connectivity index (χ2n) is 4.09. The highest BCUT2D eigenvalue weighted by molar-refractivity contribution is 4.99. The van der Waals surface area contributed by atoms with Gasteiger partial charge < -0.3 is 10.5 Å². The van der Waals surface area contributed by atoms with Gasteiger partial charge in [0, 0.05) is 13.2 Å². The van der Waals surface area contributed by atoms with Crippen molar-refractivity contribution < 1.29 is 4.74 Å². The third-order valence-electron chi connectivity index (χ3n) is 3.59. The number of fused-ring (bicyclic) bond motifs is 3. The summed E-state index contributed by atoms with van der Waals surface area (Å²) in [5, 5.41) is 0. The van der Waals surface area contributed by atoms with Gasteiger partial charge in [0.05, 0.1) is 5.60 Å². The molecule has 0 saturated heterocycles. The number of ether oxygens (including phenoxy) is 1. The summed E-state index contributed by atoms with van der Waals surface area (Å²) >= 11 is 0. The van der Waals surface area contributed by atoms with Crippen LogP contribution >= 0.6 is 0 Å². The highest BCUT2D eigenvalue weighted by atomic mass is 16.5. The van der Waals surface area contributed by atoms with Gasteiger partial charge in [-0.15, -0.1) is 0 Å². The fourth-order valence-corrected chi connectivity index (χ4v) is 2.68. The van der Waals surface area contributed by atoms with Crippen molar-refractivity contribution in [3.05, 3.63) is 0 Å². The first-order chi connectivity index (χ1) is 5.26. The molecule has 0 spiro atoms. The Bertz CT molecular complexity index is 150. The quantitative estimate of drug-likeness (QED) is 0.619. The Morgan fingerprint density at radius 3 is 2.36 bits per heavy atom. The first kappa shape index (κ1) is 7.56. The molecule has 3 fully saturated rings. The van der Waals surface area contributed by atoms with Gasteiger partial charge in [0.15, 0.2) is 0 Å². The Labute approximate surface area is 68.1 Å². The van der Waals surface area contributed by atoms with E-state index in [4.69, 9.17) is 10.5 Å². The van der Waals surface area contributed by atoms with Gasteiger partial charge in [0.2, 0.25) is 0 Å². The minimum absolute atomic E-state index is 0.175. The van der Waals surface area contributed by atoms with Crippen molar-refractivity contribution in [2.45, 2.75) is 43.7 Å². The molecule has 11 heavy (non-hydrogen) atoms. The topological polar surface area (TPSA) is 35.2 Å². The smallest absolute Gasteiger partial charge is 0.0693 e. The zero-order valence-corrected chi connectivity index (χ0v) is 7.18. The maximum absolute atomic E-state index is 6.00. The first-order valence-electron chi connectivity index (χ1n) is 4.56. The van der Waals surface area contributed by atoms with Gasteiger partial charge in [-0.05, 0) is 38.0 Å². The number of hydrogen-bond donors (Lipinski definition) is 1. The molecule has 3 aliphatic carbocycles. The fraction of sp³-hybridized carbons (Fsp3) is 1.00. The molecule has 3 saturated carbocycles. The number of rotatable bonds is 1. The van der Waals surface area contributed by atoms with Crippen LogP contribution in [0.15, 0.2) is 0 Å². The highest BCUT2D eigenvalue weighted by Gasteiger charge is 2.44. The maximum atomic E-state index is 6.00. The molecule has 0 aliphatic heterocycles. The second kappa shape index (κ2) is 2.46. The van der Waals surface area contributed by atoms with E-state index in [1.165, 1.54) is 25.7 Å². The third-order valence-corrected chi connectivity index (χ3v) is 3.59. The van der Waals surface area contributed by atoms with E-state index in [-0.39, 0.29) is 5.60 Å². The van der Waals surface area contributed by atoms with Crippen molar-refractivity contribution in [2.24, 2.45) is 11.7 Å². The molecule has 2 N–H and O–H groups in total. The summed E-state index contributed by atoms with van der Waals surface area (Å²) in [4.78, 5) is 0. The van der Waals surface area contributed by atoms with E-state index in [0.29, 0.717) is 6.04 Å². The van der Waals surface area contributed by atoms with Crippen LogP contribution in [-0.2, 0) is 4.74 Å². The lowest BCUT2D eigenvalue weighted by atomic mass is 9.65. The number of hydrogen-bond acceptors (Lipinski definition) is 2. The number of nitrogens with two attached hydrogens (primary N) is 1. The summed E-state index contributed by atoms with van der Waals surface area (Å²) in [5.74, 6) is 0.798. The highest BCUT2D eigenvalue weighted by Crippen LogP contribution is 2.45. The lowest BCUT2D eigenvalue weighted by Crippen LogP contribution is -2.52. The second-order valence-corrected chi connectivity index (χ2v) is 4.09. The van der Waals surface area contributed by atoms with Crippen molar-refractivity contribution in [3.63, 3.8) is 0 Å². The summed E-state index contributed by atoms with van der Waals surface area (Å²) in [7, 11) is 1.83. The molecule has 1 unspecified atom stereocenters. The molecular weight excluding hydrogens is 138 g/mol. The Balaban J connectivity index is 2.12. The molecule has 0 aromatic heterocycles. The van der Waals surface area contributed by atoms with Gasteiger partial charge in [-0.3, -0.25) is 0 Å². The lowest BCUT2D eigenvalue weighted by Gasteiger charge is -2.48. The molecule has 0 aromatic rings. The third kappa shape index (κ3) is 1.09. The molecule has 3 aliphatic rings. The average Bonchev–Trinajstić information content (AvgIpc) is 2.06. The van der Waals surface area contributed by atoms with Crippen molar-refractivity contribution in [1.29, 1.82) is 0 Å². The van der Waals surface area contributed by atoms with Gasteiger partial charge in [0.1, 0.15) is 0 Å². The predicted molar refractivity (Wildman–Crippen MR) is 44.3 cm³/mol. The van der Waals surface area contributed by atoms with Crippen LogP contribution in [0.5, 0.6) is 0 Å². The van der Waals surface area contributed by atoms with Crippen molar-refractivity contribution in [3.8, 4) is 0 Å². The minimum atomic E-state index is 0.175. The van der Waals surface area contributed by atoms with Crippen LogP contribution in [0.1, 0.15) is 32.1 Å². The van der Waals surface area contributed by atoms with Crippen molar-refractivity contribution >= 4 is 0 Å². The van der Waals surface area contributed by atoms with Crippen LogP contribution in [-0.4, -0.2) is 18.8 Å². The van der Waals surface area contributed by atoms with E-state index in [2.05, 4.69) is 0 Å². The van der Waals surface area contributed by atoms with Crippen LogP contribution < -0.4 is 5.73 Å². The molecule has 0 aromatic carbocycles. The molecule has 0 amide bonds. The zero-order valence-electron chi connectivity index (χ0n) is 7.18. The van der Waals surface area contributed by atoms with Crippen LogP contribution in [0.4, 0.5) is 0 Å². The Morgan fingerprint density at radius 1 is 1.36 bits per heavy atom. The zero-order chi connectivity index (χ0) is 7.90. The standard InChI is InChI=1S/C9H17NO/c1-11-9-4-2-7(3-5-9)8(10)6-9/h7-8H,2-6,10H2,1H3. The monoisotopic (exact) mass is 155 g/mol. The minimum Gasteiger partial charge on any atom is -0.378 e. The summed E-state index contributed by atoms with van der Waals surface area (Å²) in [6.07, 6.45) is 6.14. The van der Waals surface area contributed by atoms with E-state index < -0.39 is 0 Å². The van der Waals surface area contributed by atoms with Crippen LogP contribution in [0.3, 0.4) is 0 Å². The Morgan fingerprint density at radius 2 is 2.00 bits per heavy atom. The van der Waals surface area contributed by atoms with Crippen LogP contribution in [0.2, 0.25) is 0 Å². The first-order valence-corrected chi connectivity index (χ1v) is 4.56. The van der Waals surface area contributed by atoms with Crippen LogP contribution in [0.25, 0.3) is 0 Å². The maximum Gasteiger partial charge on any atom is 0.0693 e. The number of methoxy groups -OCH3 is 1. The van der Waals surface area contributed by atoms with Crippen LogP contribution in [0, 0.1) is 5.92 Å². The van der Waals surface area contributed by atoms with Gasteiger partial charge in [-0.2, -0.15) is 0 Å². The summed E-state index contributed by atoms with van der Waals surface area (Å²) in [6, 6.07) is 0.414. The molecule has 64 valence electrons. The van der Waals surface area contributed by atoms with Crippen molar-refractivity contribution in [1.82, 2.24) is 0 Å². The van der Waals surface area contributed by atoms with E-state index in [9.17, 15) is 0 Å². The summed E-state index contributed by atoms with van der Waals surface area (Å²) in [5.41, 5.74) is 6.18. The van der Waals surface area contributed by atoms with Gasteiger partial charge in [0.25, 0.3) is 0 Å². The van der Waals surface area contributed by atoms with E-state index in [0.717, 1.165) is 12.3 Å². The molecule has 0 heterocycles. The summed E-state index contributed by atoms with van der Waals surface area (Å²) in [6.45, 7) is 0. The molecule has 0 radical (unpaired) electrons. The largest absolute Gasteiger partial charge is 0.378 e. The normalized spacial score (nSPS) is 49.6. The van der Waals surface area contributed by atoms with E-state index in [1.54, 1.807) is 0 Å². The SMILES string of the molecule is COC12CCC(CC1)C(N)C2. The lowest BCUT2D eigenvalue weighted by molar-refractivity contribution is -0.0936. The molecular formula is C9H17NO. The van der Waals surface area contributed by atoms with Crippen molar-refractivity contribution in [2.75, 3.05) is 7.11 Å². The molecule has 1 atom stereocenters. The van der Waals surface area contributed by atoms with Gasteiger partial charge in [-0.1, -0.05) is 0 Å². The predicted octanol–water partition coefficient (Wildman–Crippen LogP) is 1.29. The Hall–Kier alpha value is -0.0800.